The van der Waals surface area contributed by atoms with Crippen molar-refractivity contribution in [3.63, 3.8) is 0 Å². The summed E-state index contributed by atoms with van der Waals surface area (Å²) in [6.07, 6.45) is 14.9. The van der Waals surface area contributed by atoms with Crippen LogP contribution in [0.1, 0.15) is 84.0 Å². The first kappa shape index (κ1) is 21.4. The summed E-state index contributed by atoms with van der Waals surface area (Å²) in [5, 5.41) is 3.06. The molecule has 1 N–H and O–H groups in total. The molecule has 0 saturated carbocycles. The second-order valence-corrected chi connectivity index (χ2v) is 7.09. The summed E-state index contributed by atoms with van der Waals surface area (Å²) >= 11 is 0. The fraction of sp³-hybridized carbons (Fsp3) is 0.950. The summed E-state index contributed by atoms with van der Waals surface area (Å²) in [5.41, 5.74) is 0. The van der Waals surface area contributed by atoms with Gasteiger partial charge < -0.3 is 10.1 Å². The molecule has 4 nitrogen and oxygen atoms in total. The van der Waals surface area contributed by atoms with Crippen LogP contribution in [0.15, 0.2) is 0 Å². The van der Waals surface area contributed by atoms with Crippen molar-refractivity contribution in [3.05, 3.63) is 0 Å². The minimum absolute atomic E-state index is 0.233. The highest BCUT2D eigenvalue weighted by Crippen LogP contribution is 2.11. The molecular weight excluding hydrogens is 300 g/mol. The van der Waals surface area contributed by atoms with E-state index >= 15 is 0 Å². The molecular formula is C20H40N2O2. The van der Waals surface area contributed by atoms with Gasteiger partial charge in [0.25, 0.3) is 0 Å². The predicted octanol–water partition coefficient (Wildman–Crippen LogP) is 4.14. The van der Waals surface area contributed by atoms with E-state index in [1.54, 1.807) is 0 Å². The number of unbranched alkanes of at least 4 members (excludes halogenated alkanes) is 9. The number of ether oxygens (including phenoxy) is 1. The quantitative estimate of drug-likeness (QED) is 0.456. The molecule has 1 aliphatic heterocycles. The van der Waals surface area contributed by atoms with Gasteiger partial charge in [0.1, 0.15) is 0 Å². The standard InChI is InChI=1S/C20H40N2O2/c1-2-3-4-5-6-7-8-9-10-11-13-20(23)21-14-12-15-22-16-18-24-19-17-22/h2-19H2,1H3,(H,21,23). The van der Waals surface area contributed by atoms with Crippen molar-refractivity contribution >= 4 is 5.91 Å². The summed E-state index contributed by atoms with van der Waals surface area (Å²) in [5.74, 6) is 0.233. The summed E-state index contributed by atoms with van der Waals surface area (Å²) < 4.78 is 5.33. The molecule has 0 bridgehead atoms. The van der Waals surface area contributed by atoms with Gasteiger partial charge in [-0.2, -0.15) is 0 Å². The van der Waals surface area contributed by atoms with E-state index in [4.69, 9.17) is 4.74 Å². The molecule has 142 valence electrons. The number of amides is 1. The highest BCUT2D eigenvalue weighted by molar-refractivity contribution is 5.75. The van der Waals surface area contributed by atoms with Gasteiger partial charge in [-0.05, 0) is 19.4 Å². The van der Waals surface area contributed by atoms with Crippen LogP contribution >= 0.6 is 0 Å². The van der Waals surface area contributed by atoms with Crippen molar-refractivity contribution in [2.45, 2.75) is 84.0 Å². The van der Waals surface area contributed by atoms with E-state index in [1.807, 2.05) is 0 Å². The number of morpholine rings is 1. The van der Waals surface area contributed by atoms with E-state index in [9.17, 15) is 4.79 Å². The van der Waals surface area contributed by atoms with Crippen molar-refractivity contribution in [1.82, 2.24) is 10.2 Å². The Balaban J connectivity index is 1.78. The van der Waals surface area contributed by atoms with Crippen LogP contribution in [0.3, 0.4) is 0 Å². The molecule has 0 atom stereocenters. The Kier molecular flexibility index (Phi) is 14.2. The van der Waals surface area contributed by atoms with Gasteiger partial charge in [-0.3, -0.25) is 9.69 Å². The van der Waals surface area contributed by atoms with Gasteiger partial charge in [0, 0.05) is 26.1 Å². The molecule has 1 amide bonds. The van der Waals surface area contributed by atoms with Crippen LogP contribution in [-0.4, -0.2) is 50.2 Å². The van der Waals surface area contributed by atoms with Gasteiger partial charge in [0.15, 0.2) is 0 Å². The first-order valence-corrected chi connectivity index (χ1v) is 10.4. The Morgan fingerprint density at radius 1 is 0.875 bits per heavy atom. The van der Waals surface area contributed by atoms with E-state index in [1.165, 1.54) is 57.8 Å². The lowest BCUT2D eigenvalue weighted by Crippen LogP contribution is -2.38. The largest absolute Gasteiger partial charge is 0.379 e. The second-order valence-electron chi connectivity index (χ2n) is 7.09. The van der Waals surface area contributed by atoms with Gasteiger partial charge in [-0.25, -0.2) is 0 Å². The van der Waals surface area contributed by atoms with Crippen LogP contribution in [0.25, 0.3) is 0 Å². The van der Waals surface area contributed by atoms with Gasteiger partial charge in [0.05, 0.1) is 13.2 Å². The molecule has 0 aliphatic carbocycles. The average molecular weight is 341 g/mol. The molecule has 0 aromatic rings. The molecule has 4 heteroatoms. The zero-order valence-electron chi connectivity index (χ0n) is 16.0. The van der Waals surface area contributed by atoms with Crippen molar-refractivity contribution in [2.75, 3.05) is 39.4 Å². The Labute approximate surface area is 149 Å². The first-order chi connectivity index (χ1) is 11.8. The Morgan fingerprint density at radius 3 is 2.08 bits per heavy atom. The lowest BCUT2D eigenvalue weighted by Gasteiger charge is -2.26. The Hall–Kier alpha value is -0.610. The lowest BCUT2D eigenvalue weighted by molar-refractivity contribution is -0.121. The van der Waals surface area contributed by atoms with Crippen molar-refractivity contribution in [2.24, 2.45) is 0 Å². The van der Waals surface area contributed by atoms with E-state index in [0.29, 0.717) is 6.42 Å². The minimum atomic E-state index is 0.233. The number of nitrogens with zero attached hydrogens (tertiary/aromatic N) is 1. The van der Waals surface area contributed by atoms with Crippen molar-refractivity contribution in [1.29, 1.82) is 0 Å². The van der Waals surface area contributed by atoms with Crippen LogP contribution in [0.4, 0.5) is 0 Å². The van der Waals surface area contributed by atoms with E-state index < -0.39 is 0 Å². The number of rotatable bonds is 15. The summed E-state index contributed by atoms with van der Waals surface area (Å²) in [4.78, 5) is 14.2. The van der Waals surface area contributed by atoms with Gasteiger partial charge >= 0.3 is 0 Å². The van der Waals surface area contributed by atoms with Gasteiger partial charge in [-0.1, -0.05) is 64.7 Å². The predicted molar refractivity (Wildman–Crippen MR) is 101 cm³/mol. The van der Waals surface area contributed by atoms with Crippen molar-refractivity contribution < 1.29 is 9.53 Å². The molecule has 0 aromatic heterocycles. The third-order valence-electron chi connectivity index (χ3n) is 4.83. The molecule has 1 saturated heterocycles. The first-order valence-electron chi connectivity index (χ1n) is 10.4. The minimum Gasteiger partial charge on any atom is -0.379 e. The summed E-state index contributed by atoms with van der Waals surface area (Å²) in [6, 6.07) is 0. The van der Waals surface area contributed by atoms with Crippen LogP contribution in [0.2, 0.25) is 0 Å². The van der Waals surface area contributed by atoms with E-state index in [2.05, 4.69) is 17.1 Å². The van der Waals surface area contributed by atoms with Gasteiger partial charge in [0.2, 0.25) is 5.91 Å². The van der Waals surface area contributed by atoms with Crippen LogP contribution < -0.4 is 5.32 Å². The third kappa shape index (κ3) is 12.8. The number of hydrogen-bond donors (Lipinski definition) is 1. The normalized spacial score (nSPS) is 15.5. The summed E-state index contributed by atoms with van der Waals surface area (Å²) in [7, 11) is 0. The van der Waals surface area contributed by atoms with Gasteiger partial charge in [-0.15, -0.1) is 0 Å². The molecule has 1 rings (SSSR count). The topological polar surface area (TPSA) is 41.6 Å². The molecule has 0 radical (unpaired) electrons. The fourth-order valence-electron chi connectivity index (χ4n) is 3.22. The lowest BCUT2D eigenvalue weighted by atomic mass is 10.1. The molecule has 1 heterocycles. The Bertz CT molecular complexity index is 291. The van der Waals surface area contributed by atoms with E-state index in [-0.39, 0.29) is 5.91 Å². The average Bonchev–Trinajstić information content (AvgIpc) is 2.61. The smallest absolute Gasteiger partial charge is 0.219 e. The summed E-state index contributed by atoms with van der Waals surface area (Å²) in [6.45, 7) is 7.92. The van der Waals surface area contributed by atoms with Crippen LogP contribution in [-0.2, 0) is 9.53 Å². The second kappa shape index (κ2) is 15.9. The molecule has 0 spiro atoms. The zero-order chi connectivity index (χ0) is 17.3. The molecule has 24 heavy (non-hydrogen) atoms. The SMILES string of the molecule is CCCCCCCCCCCCC(=O)NCCCN1CCOCC1. The highest BCUT2D eigenvalue weighted by atomic mass is 16.5. The number of carbonyl (C=O) groups excluding carboxylic acids is 1. The molecule has 0 unspecified atom stereocenters. The maximum atomic E-state index is 11.8. The number of carbonyl (C=O) groups is 1. The monoisotopic (exact) mass is 340 g/mol. The highest BCUT2D eigenvalue weighted by Gasteiger charge is 2.09. The fourth-order valence-corrected chi connectivity index (χ4v) is 3.22. The maximum Gasteiger partial charge on any atom is 0.219 e. The molecule has 1 fully saturated rings. The molecule has 0 aromatic carbocycles. The molecule has 1 aliphatic rings. The number of hydrogen-bond acceptors (Lipinski definition) is 3. The maximum absolute atomic E-state index is 11.8. The zero-order valence-corrected chi connectivity index (χ0v) is 16.0. The Morgan fingerprint density at radius 2 is 1.46 bits per heavy atom. The van der Waals surface area contributed by atoms with Crippen LogP contribution in [0.5, 0.6) is 0 Å². The number of nitrogens with one attached hydrogen (secondary N) is 1. The van der Waals surface area contributed by atoms with Crippen molar-refractivity contribution in [3.8, 4) is 0 Å². The third-order valence-corrected chi connectivity index (χ3v) is 4.83. The van der Waals surface area contributed by atoms with Crippen LogP contribution in [0, 0.1) is 0 Å². The van der Waals surface area contributed by atoms with E-state index in [0.717, 1.165) is 52.2 Å².